The molecule has 1 N–H and O–H groups in total. The minimum Gasteiger partial charge on any atom is -0.548 e. The van der Waals surface area contributed by atoms with E-state index in [9.17, 15) is 14.7 Å². The Balaban J connectivity index is 0.00000484. The number of rotatable bonds is 13. The molecule has 4 rings (SSSR count). The fourth-order valence-corrected chi connectivity index (χ4v) is 5.08. The van der Waals surface area contributed by atoms with Gasteiger partial charge in [0.1, 0.15) is 18.1 Å². The van der Waals surface area contributed by atoms with Crippen molar-refractivity contribution in [3.8, 4) is 22.5 Å². The fourth-order valence-electron chi connectivity index (χ4n) is 4.61. The summed E-state index contributed by atoms with van der Waals surface area (Å²) in [5.74, 6) is 0.856. The summed E-state index contributed by atoms with van der Waals surface area (Å²) in [6.45, 7) is 6.94. The van der Waals surface area contributed by atoms with Crippen molar-refractivity contribution in [2.24, 2.45) is 0 Å². The Morgan fingerprint density at radius 2 is 1.69 bits per heavy atom. The minimum absolute atomic E-state index is 0. The Bertz CT molecular complexity index is 1480. The molecule has 0 spiro atoms. The average Bonchev–Trinajstić information content (AvgIpc) is 3.44. The summed E-state index contributed by atoms with van der Waals surface area (Å²) >= 11 is 1.52. The number of furan rings is 1. The van der Waals surface area contributed by atoms with E-state index in [-0.39, 0.29) is 18.9 Å². The first-order valence-corrected chi connectivity index (χ1v) is 15.1. The van der Waals surface area contributed by atoms with Crippen LogP contribution in [0.15, 0.2) is 83.3 Å². The number of amides is 1. The molecule has 0 fully saturated rings. The predicted molar refractivity (Wildman–Crippen MR) is 163 cm³/mol. The Kier molecular flexibility index (Phi) is 12.6. The average molecular weight is 578 g/mol. The number of hydrogen-bond acceptors (Lipinski definition) is 6. The quantitative estimate of drug-likeness (QED) is 0.245. The maximum Gasteiger partial charge on any atom is 1.00 e. The Morgan fingerprint density at radius 1 is 0.952 bits per heavy atom. The Labute approximate surface area is 264 Å². The van der Waals surface area contributed by atoms with Crippen molar-refractivity contribution in [1.29, 1.82) is 0 Å². The number of carboxylic acid groups (broad SMARTS) is 1. The summed E-state index contributed by atoms with van der Waals surface area (Å²) in [7, 11) is 0. The van der Waals surface area contributed by atoms with Crippen LogP contribution in [0.2, 0.25) is 0 Å². The van der Waals surface area contributed by atoms with Crippen LogP contribution in [0, 0.1) is 6.92 Å². The van der Waals surface area contributed by atoms with Crippen LogP contribution in [0.5, 0.6) is 0 Å². The van der Waals surface area contributed by atoms with Gasteiger partial charge in [-0.25, -0.2) is 0 Å². The summed E-state index contributed by atoms with van der Waals surface area (Å²) in [6.07, 6.45) is 2.18. The molecule has 3 aromatic carbocycles. The third-order valence-corrected chi connectivity index (χ3v) is 7.64. The van der Waals surface area contributed by atoms with Gasteiger partial charge < -0.3 is 24.4 Å². The van der Waals surface area contributed by atoms with E-state index in [1.54, 1.807) is 6.07 Å². The molecule has 4 aromatic rings. The number of aliphatic carboxylic acids is 1. The molecule has 0 saturated heterocycles. The standard InChI is InChI=1S/C34H37NO5S.Li/c1-22(2)25-10-12-26(13-11-25)32-16-14-27(40-32)21-39-20-24-9-15-29(30(19-24)28-8-6-5-7-23(28)3)33(36)35-31(34(37)38)17-18-41-4;/h5-16,19,22,31H,17-18,20-21H2,1-4H3,(H,35,36)(H,37,38);/q;+1/p-1/t31-;/m0./s1. The molecule has 1 amide bonds. The first-order valence-electron chi connectivity index (χ1n) is 13.7. The van der Waals surface area contributed by atoms with Crippen LogP contribution in [0.1, 0.15) is 59.0 Å². The predicted octanol–water partition coefficient (Wildman–Crippen LogP) is 3.37. The van der Waals surface area contributed by atoms with Crippen molar-refractivity contribution < 1.29 is 42.7 Å². The fraction of sp³-hybridized carbons (Fsp3) is 0.294. The zero-order valence-electron chi connectivity index (χ0n) is 24.9. The molecule has 1 atom stereocenters. The second kappa shape index (κ2) is 15.9. The Morgan fingerprint density at radius 3 is 2.36 bits per heavy atom. The van der Waals surface area contributed by atoms with Gasteiger partial charge in [0, 0.05) is 11.1 Å². The van der Waals surface area contributed by atoms with Gasteiger partial charge in [0.15, 0.2) is 0 Å². The number of carbonyl (C=O) groups is 2. The zero-order valence-corrected chi connectivity index (χ0v) is 25.8. The first kappa shape index (κ1) is 33.3. The van der Waals surface area contributed by atoms with Crippen LogP contribution in [0.4, 0.5) is 0 Å². The van der Waals surface area contributed by atoms with Gasteiger partial charge in [0.05, 0.1) is 18.6 Å². The van der Waals surface area contributed by atoms with Gasteiger partial charge in [-0.05, 0) is 83.4 Å². The monoisotopic (exact) mass is 577 g/mol. The van der Waals surface area contributed by atoms with Gasteiger partial charge in [-0.15, -0.1) is 0 Å². The maximum absolute atomic E-state index is 13.3. The van der Waals surface area contributed by atoms with Gasteiger partial charge in [0.2, 0.25) is 0 Å². The van der Waals surface area contributed by atoms with Gasteiger partial charge in [0.25, 0.3) is 5.91 Å². The second-order valence-corrected chi connectivity index (χ2v) is 11.3. The second-order valence-electron chi connectivity index (χ2n) is 10.4. The van der Waals surface area contributed by atoms with E-state index < -0.39 is 17.9 Å². The molecular formula is C34H36LiNO5S. The molecule has 214 valence electrons. The van der Waals surface area contributed by atoms with Gasteiger partial charge in [-0.2, -0.15) is 11.8 Å². The number of carbonyl (C=O) groups excluding carboxylic acids is 2. The summed E-state index contributed by atoms with van der Waals surface area (Å²) in [6, 6.07) is 24.5. The van der Waals surface area contributed by atoms with E-state index >= 15 is 0 Å². The van der Waals surface area contributed by atoms with Crippen LogP contribution in [-0.2, 0) is 22.7 Å². The van der Waals surface area contributed by atoms with Crippen molar-refractivity contribution in [1.82, 2.24) is 5.32 Å². The third-order valence-electron chi connectivity index (χ3n) is 7.00. The first-order chi connectivity index (χ1) is 19.8. The molecule has 8 heteroatoms. The van der Waals surface area contributed by atoms with E-state index in [0.29, 0.717) is 42.4 Å². The number of hydrogen-bond donors (Lipinski definition) is 1. The number of carboxylic acids is 1. The summed E-state index contributed by atoms with van der Waals surface area (Å²) < 4.78 is 12.0. The summed E-state index contributed by atoms with van der Waals surface area (Å²) in [5, 5.41) is 14.3. The number of benzene rings is 3. The molecule has 42 heavy (non-hydrogen) atoms. The van der Waals surface area contributed by atoms with Crippen molar-refractivity contribution >= 4 is 23.6 Å². The largest absolute Gasteiger partial charge is 1.00 e. The summed E-state index contributed by atoms with van der Waals surface area (Å²) in [4.78, 5) is 24.9. The van der Waals surface area contributed by atoms with Crippen molar-refractivity contribution in [3.63, 3.8) is 0 Å². The van der Waals surface area contributed by atoms with Crippen molar-refractivity contribution in [2.45, 2.75) is 52.4 Å². The van der Waals surface area contributed by atoms with Crippen LogP contribution < -0.4 is 29.3 Å². The summed E-state index contributed by atoms with van der Waals surface area (Å²) in [5.41, 5.74) is 6.20. The molecule has 6 nitrogen and oxygen atoms in total. The van der Waals surface area contributed by atoms with E-state index in [2.05, 4.69) is 43.4 Å². The number of nitrogens with one attached hydrogen (secondary N) is 1. The topological polar surface area (TPSA) is 91.6 Å². The van der Waals surface area contributed by atoms with E-state index in [1.165, 1.54) is 17.3 Å². The third kappa shape index (κ3) is 8.65. The van der Waals surface area contributed by atoms with Gasteiger partial charge in [-0.1, -0.05) is 68.4 Å². The normalized spacial score (nSPS) is 11.6. The Hall–Kier alpha value is -3.21. The van der Waals surface area contributed by atoms with Gasteiger partial charge >= 0.3 is 18.9 Å². The van der Waals surface area contributed by atoms with Crippen LogP contribution in [-0.4, -0.2) is 29.9 Å². The van der Waals surface area contributed by atoms with Gasteiger partial charge in [-0.3, -0.25) is 4.79 Å². The molecule has 1 heterocycles. The molecule has 0 aliphatic heterocycles. The van der Waals surface area contributed by atoms with Crippen molar-refractivity contribution in [2.75, 3.05) is 12.0 Å². The smallest absolute Gasteiger partial charge is 0.548 e. The van der Waals surface area contributed by atoms with Crippen LogP contribution in [0.3, 0.4) is 0 Å². The molecule has 0 saturated carbocycles. The minimum atomic E-state index is -1.29. The number of aryl methyl sites for hydroxylation is 1. The van der Waals surface area contributed by atoms with Crippen LogP contribution >= 0.6 is 11.8 Å². The van der Waals surface area contributed by atoms with Crippen molar-refractivity contribution in [3.05, 3.63) is 107 Å². The van der Waals surface area contributed by atoms with E-state index in [1.807, 2.05) is 61.7 Å². The van der Waals surface area contributed by atoms with E-state index in [4.69, 9.17) is 9.15 Å². The molecule has 0 unspecified atom stereocenters. The molecule has 0 aliphatic carbocycles. The number of ether oxygens (including phenoxy) is 1. The SMILES string of the molecule is CSCC[C@H](NC(=O)c1ccc(COCc2ccc(-c3ccc(C(C)C)cc3)o2)cc1-c1ccccc1C)C(=O)[O-].[Li+]. The number of thioether (sulfide) groups is 1. The molecule has 0 radical (unpaired) electrons. The molecular weight excluding hydrogens is 541 g/mol. The molecule has 1 aromatic heterocycles. The molecule has 0 bridgehead atoms. The zero-order chi connectivity index (χ0) is 29.4. The van der Waals surface area contributed by atoms with E-state index in [0.717, 1.165) is 33.8 Å². The van der Waals surface area contributed by atoms with Crippen LogP contribution in [0.25, 0.3) is 22.5 Å². The molecule has 0 aliphatic rings. The maximum atomic E-state index is 13.3.